The highest BCUT2D eigenvalue weighted by Crippen LogP contribution is 2.26. The van der Waals surface area contributed by atoms with E-state index in [-0.39, 0.29) is 0 Å². The van der Waals surface area contributed by atoms with E-state index in [2.05, 4.69) is 31.9 Å². The van der Waals surface area contributed by atoms with E-state index >= 15 is 0 Å². The SMILES string of the molecule is Cc1cc(Br)c(C(=O)CS(C)(=O)=O)cc1Br. The Bertz CT molecular complexity index is 535. The van der Waals surface area contributed by atoms with E-state index in [0.29, 0.717) is 10.0 Å². The lowest BCUT2D eigenvalue weighted by Crippen LogP contribution is -2.15. The van der Waals surface area contributed by atoms with Crippen LogP contribution >= 0.6 is 31.9 Å². The summed E-state index contributed by atoms with van der Waals surface area (Å²) in [6, 6.07) is 3.41. The van der Waals surface area contributed by atoms with Gasteiger partial charge in [-0.1, -0.05) is 31.9 Å². The van der Waals surface area contributed by atoms with Gasteiger partial charge in [0, 0.05) is 20.8 Å². The molecular formula is C10H10Br2O3S. The molecule has 0 saturated heterocycles. The topological polar surface area (TPSA) is 51.2 Å². The highest BCUT2D eigenvalue weighted by Gasteiger charge is 2.16. The minimum Gasteiger partial charge on any atom is -0.293 e. The van der Waals surface area contributed by atoms with Crippen molar-refractivity contribution in [3.8, 4) is 0 Å². The van der Waals surface area contributed by atoms with Crippen molar-refractivity contribution in [3.05, 3.63) is 32.2 Å². The van der Waals surface area contributed by atoms with Crippen LogP contribution < -0.4 is 0 Å². The van der Waals surface area contributed by atoms with Crippen molar-refractivity contribution < 1.29 is 13.2 Å². The van der Waals surface area contributed by atoms with Crippen LogP contribution in [-0.4, -0.2) is 26.2 Å². The fraction of sp³-hybridized carbons (Fsp3) is 0.300. The first-order valence-electron chi connectivity index (χ1n) is 4.37. The number of carbonyl (C=O) groups is 1. The van der Waals surface area contributed by atoms with Gasteiger partial charge in [0.05, 0.1) is 0 Å². The molecule has 6 heteroatoms. The summed E-state index contributed by atoms with van der Waals surface area (Å²) in [5, 5.41) is 0. The normalized spacial score (nSPS) is 11.5. The molecule has 0 aliphatic carbocycles. The van der Waals surface area contributed by atoms with Gasteiger partial charge in [0.2, 0.25) is 0 Å². The summed E-state index contributed by atoms with van der Waals surface area (Å²) in [4.78, 5) is 11.7. The zero-order chi connectivity index (χ0) is 12.5. The van der Waals surface area contributed by atoms with Gasteiger partial charge in [-0.05, 0) is 24.6 Å². The summed E-state index contributed by atoms with van der Waals surface area (Å²) in [6.07, 6.45) is 1.04. The average molecular weight is 370 g/mol. The molecule has 0 aromatic heterocycles. The maximum Gasteiger partial charge on any atom is 0.179 e. The quantitative estimate of drug-likeness (QED) is 0.769. The van der Waals surface area contributed by atoms with Crippen molar-refractivity contribution >= 4 is 47.5 Å². The molecule has 0 N–H and O–H groups in total. The number of ketones is 1. The van der Waals surface area contributed by atoms with Crippen LogP contribution in [0.5, 0.6) is 0 Å². The number of Topliss-reactive ketones (excluding diaryl/α,β-unsaturated/α-hetero) is 1. The van der Waals surface area contributed by atoms with Crippen LogP contribution in [0.3, 0.4) is 0 Å². The van der Waals surface area contributed by atoms with E-state index in [1.165, 1.54) is 0 Å². The Morgan fingerprint density at radius 1 is 1.25 bits per heavy atom. The van der Waals surface area contributed by atoms with E-state index in [4.69, 9.17) is 0 Å². The Morgan fingerprint density at radius 3 is 2.31 bits per heavy atom. The van der Waals surface area contributed by atoms with Crippen molar-refractivity contribution in [2.75, 3.05) is 12.0 Å². The summed E-state index contributed by atoms with van der Waals surface area (Å²) < 4.78 is 23.5. The largest absolute Gasteiger partial charge is 0.293 e. The van der Waals surface area contributed by atoms with Crippen LogP contribution in [0.25, 0.3) is 0 Å². The maximum absolute atomic E-state index is 11.7. The van der Waals surface area contributed by atoms with Crippen LogP contribution in [0.15, 0.2) is 21.1 Å². The molecule has 1 aromatic rings. The second-order valence-electron chi connectivity index (χ2n) is 3.57. The Balaban J connectivity index is 3.15. The van der Waals surface area contributed by atoms with Gasteiger partial charge < -0.3 is 0 Å². The first kappa shape index (κ1) is 13.9. The zero-order valence-corrected chi connectivity index (χ0v) is 12.7. The van der Waals surface area contributed by atoms with Crippen molar-refractivity contribution in [1.82, 2.24) is 0 Å². The molecule has 88 valence electrons. The molecule has 0 bridgehead atoms. The monoisotopic (exact) mass is 368 g/mol. The Morgan fingerprint density at radius 2 is 1.81 bits per heavy atom. The number of aryl methyl sites for hydroxylation is 1. The highest BCUT2D eigenvalue weighted by molar-refractivity contribution is 9.11. The molecule has 0 atom stereocenters. The number of carbonyl (C=O) groups excluding carboxylic acids is 1. The fourth-order valence-corrected chi connectivity index (χ4v) is 2.83. The fourth-order valence-electron chi connectivity index (χ4n) is 1.18. The van der Waals surface area contributed by atoms with Crippen molar-refractivity contribution in [3.63, 3.8) is 0 Å². The summed E-state index contributed by atoms with van der Waals surface area (Å²) in [7, 11) is -3.30. The van der Waals surface area contributed by atoms with Gasteiger partial charge in [0.1, 0.15) is 5.75 Å². The van der Waals surface area contributed by atoms with Crippen LogP contribution in [0.1, 0.15) is 15.9 Å². The van der Waals surface area contributed by atoms with Crippen molar-refractivity contribution in [2.45, 2.75) is 6.92 Å². The first-order valence-corrected chi connectivity index (χ1v) is 8.02. The maximum atomic E-state index is 11.7. The molecule has 0 amide bonds. The number of hydrogen-bond acceptors (Lipinski definition) is 3. The second-order valence-corrected chi connectivity index (χ2v) is 7.42. The molecule has 16 heavy (non-hydrogen) atoms. The van der Waals surface area contributed by atoms with E-state index in [9.17, 15) is 13.2 Å². The molecule has 0 radical (unpaired) electrons. The lowest BCUT2D eigenvalue weighted by molar-refractivity contribution is 0.102. The van der Waals surface area contributed by atoms with Gasteiger partial charge in [-0.25, -0.2) is 8.42 Å². The van der Waals surface area contributed by atoms with E-state index < -0.39 is 21.4 Å². The van der Waals surface area contributed by atoms with E-state index in [1.54, 1.807) is 12.1 Å². The number of hydrogen-bond donors (Lipinski definition) is 0. The Kier molecular flexibility index (Phi) is 4.31. The predicted octanol–water partition coefficient (Wildman–Crippen LogP) is 2.75. The van der Waals surface area contributed by atoms with Crippen LogP contribution in [0.4, 0.5) is 0 Å². The van der Waals surface area contributed by atoms with Crippen LogP contribution in [0, 0.1) is 6.92 Å². The minimum atomic E-state index is -3.30. The summed E-state index contributed by atoms with van der Waals surface area (Å²) in [5.41, 5.74) is 1.35. The summed E-state index contributed by atoms with van der Waals surface area (Å²) >= 11 is 6.56. The average Bonchev–Trinajstić information content (AvgIpc) is 2.08. The van der Waals surface area contributed by atoms with Gasteiger partial charge in [-0.2, -0.15) is 0 Å². The van der Waals surface area contributed by atoms with Crippen LogP contribution in [-0.2, 0) is 9.84 Å². The third-order valence-electron chi connectivity index (χ3n) is 1.94. The molecule has 0 aliphatic heterocycles. The number of rotatable bonds is 3. The van der Waals surface area contributed by atoms with Gasteiger partial charge >= 0.3 is 0 Å². The lowest BCUT2D eigenvalue weighted by atomic mass is 10.1. The molecule has 0 aliphatic rings. The lowest BCUT2D eigenvalue weighted by Gasteiger charge is -2.06. The smallest absolute Gasteiger partial charge is 0.179 e. The zero-order valence-electron chi connectivity index (χ0n) is 8.75. The molecule has 0 heterocycles. The molecule has 0 saturated carbocycles. The second kappa shape index (κ2) is 4.98. The minimum absolute atomic E-state index is 0.378. The molecule has 0 fully saturated rings. The number of benzene rings is 1. The summed E-state index contributed by atoms with van der Waals surface area (Å²) in [5.74, 6) is -0.878. The van der Waals surface area contributed by atoms with Crippen molar-refractivity contribution in [1.29, 1.82) is 0 Å². The van der Waals surface area contributed by atoms with Crippen molar-refractivity contribution in [2.24, 2.45) is 0 Å². The third kappa shape index (κ3) is 3.68. The van der Waals surface area contributed by atoms with Gasteiger partial charge in [0.25, 0.3) is 0 Å². The standard InChI is InChI=1S/C10H10Br2O3S/c1-6-3-9(12)7(4-8(6)11)10(13)5-16(2,14)15/h3-4H,5H2,1-2H3. The van der Waals surface area contributed by atoms with Crippen LogP contribution in [0.2, 0.25) is 0 Å². The van der Waals surface area contributed by atoms with E-state index in [0.717, 1.165) is 16.3 Å². The summed E-state index contributed by atoms with van der Waals surface area (Å²) in [6.45, 7) is 1.89. The molecule has 1 rings (SSSR count). The van der Waals surface area contributed by atoms with E-state index in [1.807, 2.05) is 6.92 Å². The predicted molar refractivity (Wildman–Crippen MR) is 70.6 cm³/mol. The third-order valence-corrected chi connectivity index (χ3v) is 4.24. The molecule has 0 spiro atoms. The Hall–Kier alpha value is -0.200. The molecule has 1 aromatic carbocycles. The first-order chi connectivity index (χ1) is 7.20. The van der Waals surface area contributed by atoms with Gasteiger partial charge in [-0.15, -0.1) is 0 Å². The van der Waals surface area contributed by atoms with Gasteiger partial charge in [-0.3, -0.25) is 4.79 Å². The number of sulfone groups is 1. The highest BCUT2D eigenvalue weighted by atomic mass is 79.9. The van der Waals surface area contributed by atoms with Gasteiger partial charge in [0.15, 0.2) is 15.6 Å². The molecular weight excluding hydrogens is 360 g/mol. The Labute approximate surface area is 111 Å². The molecule has 3 nitrogen and oxygen atoms in total. The molecule has 0 unspecified atom stereocenters. The number of halogens is 2.